The van der Waals surface area contributed by atoms with Gasteiger partial charge in [0, 0.05) is 62.0 Å². The molecule has 0 bridgehead atoms. The minimum absolute atomic E-state index is 0.000898. The van der Waals surface area contributed by atoms with Crippen molar-refractivity contribution >= 4 is 40.9 Å². The van der Waals surface area contributed by atoms with E-state index in [1.54, 1.807) is 10.7 Å². The Bertz CT molecular complexity index is 2470. The number of benzene rings is 2. The van der Waals surface area contributed by atoms with Gasteiger partial charge in [-0.2, -0.15) is 5.10 Å². The maximum atomic E-state index is 15.4. The van der Waals surface area contributed by atoms with Crippen LogP contribution in [0.15, 0.2) is 67.0 Å². The van der Waals surface area contributed by atoms with Gasteiger partial charge in [-0.25, -0.2) is 27.7 Å². The SMILES string of the molecule is CN(Cc1cc2c(cc1F)C(=O)N(C1CCC(=O)NC1=O)C2=O)C1CCN(c2cccc(-c3cnn4ccc(N5CCC[C@@H]5c5ccc(F)cc5F)nc34)n2)CC1. The van der Waals surface area contributed by atoms with E-state index in [4.69, 9.17) is 9.97 Å². The molecular formula is C41H38F3N9O4. The Kier molecular flexibility index (Phi) is 9.22. The molecule has 57 heavy (non-hydrogen) atoms. The summed E-state index contributed by atoms with van der Waals surface area (Å²) in [5, 5.41) is 6.69. The number of rotatable bonds is 8. The molecule has 3 aromatic heterocycles. The van der Waals surface area contributed by atoms with Gasteiger partial charge in [0.05, 0.1) is 34.6 Å². The predicted molar refractivity (Wildman–Crippen MR) is 202 cm³/mol. The zero-order valence-electron chi connectivity index (χ0n) is 31.0. The molecule has 1 N–H and O–H groups in total. The summed E-state index contributed by atoms with van der Waals surface area (Å²) in [6.07, 6.45) is 6.68. The lowest BCUT2D eigenvalue weighted by Crippen LogP contribution is -2.54. The maximum absolute atomic E-state index is 15.4. The van der Waals surface area contributed by atoms with Gasteiger partial charge in [0.1, 0.15) is 35.1 Å². The number of anilines is 2. The molecule has 1 unspecified atom stereocenters. The van der Waals surface area contributed by atoms with Crippen LogP contribution in [0.5, 0.6) is 0 Å². The molecule has 16 heteroatoms. The second kappa shape index (κ2) is 14.4. The van der Waals surface area contributed by atoms with Crippen molar-refractivity contribution < 1.29 is 32.3 Å². The smallest absolute Gasteiger partial charge is 0.262 e. The summed E-state index contributed by atoms with van der Waals surface area (Å²) < 4.78 is 45.6. The summed E-state index contributed by atoms with van der Waals surface area (Å²) in [6, 6.07) is 12.6. The van der Waals surface area contributed by atoms with Gasteiger partial charge in [0.2, 0.25) is 11.8 Å². The monoisotopic (exact) mass is 777 g/mol. The molecule has 9 rings (SSSR count). The number of halogens is 3. The summed E-state index contributed by atoms with van der Waals surface area (Å²) >= 11 is 0. The largest absolute Gasteiger partial charge is 0.356 e. The number of aromatic nitrogens is 4. The van der Waals surface area contributed by atoms with Crippen molar-refractivity contribution in [3.63, 3.8) is 0 Å². The fourth-order valence-corrected chi connectivity index (χ4v) is 8.68. The molecule has 5 aromatic rings. The average molecular weight is 778 g/mol. The first kappa shape index (κ1) is 36.5. The highest BCUT2D eigenvalue weighted by Gasteiger charge is 2.45. The van der Waals surface area contributed by atoms with Gasteiger partial charge in [-0.3, -0.25) is 34.3 Å². The summed E-state index contributed by atoms with van der Waals surface area (Å²) in [5.41, 5.74) is 2.73. The maximum Gasteiger partial charge on any atom is 0.262 e. The summed E-state index contributed by atoms with van der Waals surface area (Å²) in [7, 11) is 1.90. The van der Waals surface area contributed by atoms with Crippen LogP contribution in [0.4, 0.5) is 24.8 Å². The van der Waals surface area contributed by atoms with Crippen molar-refractivity contribution in [2.45, 2.75) is 63.2 Å². The molecule has 7 heterocycles. The van der Waals surface area contributed by atoms with Gasteiger partial charge in [0.15, 0.2) is 5.65 Å². The predicted octanol–water partition coefficient (Wildman–Crippen LogP) is 5.05. The lowest BCUT2D eigenvalue weighted by molar-refractivity contribution is -0.136. The Labute approximate surface area is 325 Å². The summed E-state index contributed by atoms with van der Waals surface area (Å²) in [6.45, 7) is 2.28. The molecule has 3 fully saturated rings. The Morgan fingerprint density at radius 2 is 1.60 bits per heavy atom. The number of imide groups is 2. The Morgan fingerprint density at radius 3 is 2.37 bits per heavy atom. The van der Waals surface area contributed by atoms with Gasteiger partial charge >= 0.3 is 0 Å². The Hall–Kier alpha value is -6.16. The molecule has 0 radical (unpaired) electrons. The number of nitrogens with zero attached hydrogens (tertiary/aromatic N) is 8. The molecular weight excluding hydrogens is 740 g/mol. The number of pyridine rings is 1. The van der Waals surface area contributed by atoms with Gasteiger partial charge in [-0.05, 0) is 75.5 Å². The van der Waals surface area contributed by atoms with E-state index in [1.807, 2.05) is 42.4 Å². The molecule has 0 aliphatic carbocycles. The Balaban J connectivity index is 0.869. The molecule has 13 nitrogen and oxygen atoms in total. The van der Waals surface area contributed by atoms with Crippen molar-refractivity contribution in [1.82, 2.24) is 34.7 Å². The number of carbonyl (C=O) groups excluding carboxylic acids is 4. The first-order valence-electron chi connectivity index (χ1n) is 19.1. The number of nitrogens with one attached hydrogen (secondary N) is 1. The Morgan fingerprint density at radius 1 is 0.807 bits per heavy atom. The van der Waals surface area contributed by atoms with Crippen LogP contribution in [0, 0.1) is 17.5 Å². The number of fused-ring (bicyclic) bond motifs is 2. The fraction of sp³-hybridized carbons (Fsp3) is 0.341. The van der Waals surface area contributed by atoms with E-state index in [0.717, 1.165) is 54.1 Å². The van der Waals surface area contributed by atoms with E-state index in [1.165, 1.54) is 18.2 Å². The highest BCUT2D eigenvalue weighted by atomic mass is 19.1. The summed E-state index contributed by atoms with van der Waals surface area (Å²) in [5.74, 6) is -2.91. The van der Waals surface area contributed by atoms with Crippen LogP contribution in [-0.2, 0) is 16.1 Å². The van der Waals surface area contributed by atoms with E-state index < -0.39 is 47.1 Å². The lowest BCUT2D eigenvalue weighted by Gasteiger charge is -2.37. The van der Waals surface area contributed by atoms with Crippen molar-refractivity contribution in [3.05, 3.63) is 107 Å². The van der Waals surface area contributed by atoms with Crippen molar-refractivity contribution in [1.29, 1.82) is 0 Å². The lowest BCUT2D eigenvalue weighted by atomic mass is 10.0. The average Bonchev–Trinajstić information content (AvgIpc) is 3.92. The van der Waals surface area contributed by atoms with Crippen LogP contribution < -0.4 is 15.1 Å². The van der Waals surface area contributed by atoms with Crippen LogP contribution in [-0.4, -0.2) is 91.8 Å². The number of hydrogen-bond donors (Lipinski definition) is 1. The number of piperidine rings is 2. The van der Waals surface area contributed by atoms with Crippen LogP contribution in [0.3, 0.4) is 0 Å². The second-order valence-electron chi connectivity index (χ2n) is 15.1. The molecule has 292 valence electrons. The van der Waals surface area contributed by atoms with Gasteiger partial charge in [-0.1, -0.05) is 12.1 Å². The first-order valence-corrected chi connectivity index (χ1v) is 19.1. The topological polar surface area (TPSA) is 136 Å². The normalized spacial score (nSPS) is 20.3. The fourth-order valence-electron chi connectivity index (χ4n) is 8.68. The van der Waals surface area contributed by atoms with Crippen molar-refractivity contribution in [2.75, 3.05) is 36.5 Å². The van der Waals surface area contributed by atoms with E-state index in [9.17, 15) is 28.0 Å². The molecule has 2 aromatic carbocycles. The molecule has 2 atom stereocenters. The van der Waals surface area contributed by atoms with Crippen molar-refractivity contribution in [2.24, 2.45) is 0 Å². The summed E-state index contributed by atoms with van der Waals surface area (Å²) in [4.78, 5) is 67.6. The van der Waals surface area contributed by atoms with E-state index in [2.05, 4.69) is 20.2 Å². The molecule has 4 aliphatic heterocycles. The second-order valence-corrected chi connectivity index (χ2v) is 15.1. The standard InChI is InChI=1S/C41H38F3N9O4/c1-49(22-23-18-27-28(20-30(23)43)41(57)53(40(27)56)34-9-10-37(54)48-39(34)55)25-11-15-50(16-12-25)35-6-2-4-32(46-35)29-21-45-52-17-13-36(47-38(29)52)51-14-3-5-33(51)26-8-7-24(42)19-31(26)44/h2,4,6-8,13,17-21,25,33-34H,3,5,9-12,14-16,22H2,1H3,(H,48,54,55)/t33-,34?/m1/s1. The molecule has 4 aliphatic rings. The van der Waals surface area contributed by atoms with Gasteiger partial charge in [-0.15, -0.1) is 0 Å². The van der Waals surface area contributed by atoms with Crippen LogP contribution in [0.25, 0.3) is 16.9 Å². The van der Waals surface area contributed by atoms with E-state index >= 15 is 4.39 Å². The van der Waals surface area contributed by atoms with Gasteiger partial charge < -0.3 is 9.80 Å². The molecule has 0 spiro atoms. The third-order valence-corrected chi connectivity index (χ3v) is 11.7. The molecule has 4 amide bonds. The van der Waals surface area contributed by atoms with Crippen LogP contribution in [0.1, 0.15) is 76.4 Å². The van der Waals surface area contributed by atoms with E-state index in [0.29, 0.717) is 42.4 Å². The number of amides is 4. The van der Waals surface area contributed by atoms with E-state index in [-0.39, 0.29) is 48.2 Å². The van der Waals surface area contributed by atoms with Crippen LogP contribution >= 0.6 is 0 Å². The zero-order valence-corrected chi connectivity index (χ0v) is 31.0. The minimum atomic E-state index is -1.12. The van der Waals surface area contributed by atoms with Gasteiger partial charge in [0.25, 0.3) is 11.8 Å². The highest BCUT2D eigenvalue weighted by Crippen LogP contribution is 2.38. The minimum Gasteiger partial charge on any atom is -0.356 e. The first-order chi connectivity index (χ1) is 27.5. The highest BCUT2D eigenvalue weighted by molar-refractivity contribution is 6.23. The zero-order chi connectivity index (χ0) is 39.5. The number of hydrogen-bond acceptors (Lipinski definition) is 10. The third-order valence-electron chi connectivity index (χ3n) is 11.7. The molecule has 0 saturated carbocycles. The number of carbonyl (C=O) groups is 4. The molecule has 3 saturated heterocycles. The van der Waals surface area contributed by atoms with Crippen LogP contribution in [0.2, 0.25) is 0 Å². The third kappa shape index (κ3) is 6.56. The van der Waals surface area contributed by atoms with Crippen molar-refractivity contribution in [3.8, 4) is 11.3 Å². The quantitative estimate of drug-likeness (QED) is 0.213.